The number of nitrogens with zero attached hydrogens (tertiary/aromatic N) is 6. The Morgan fingerprint density at radius 3 is 2.50 bits per heavy atom. The fourth-order valence-electron chi connectivity index (χ4n) is 5.33. The number of ether oxygens (including phenoxy) is 2. The molecule has 0 aliphatic carbocycles. The van der Waals surface area contributed by atoms with Crippen LogP contribution in [0.15, 0.2) is 65.6 Å². The molecule has 0 unspecified atom stereocenters. The Hall–Kier alpha value is -4.97. The molecule has 1 atom stereocenters. The quantitative estimate of drug-likeness (QED) is 0.328. The predicted octanol–water partition coefficient (Wildman–Crippen LogP) is 3.03. The number of aryl methyl sites for hydroxylation is 1. The second-order valence-electron chi connectivity index (χ2n) is 9.79. The van der Waals surface area contributed by atoms with E-state index in [-0.39, 0.29) is 29.7 Å². The fraction of sp³-hybridized carbons (Fsp3) is 0.300. The highest BCUT2D eigenvalue weighted by molar-refractivity contribution is 6.08. The number of hydrogen-bond donors (Lipinski definition) is 1. The minimum Gasteiger partial charge on any atom is -0.467 e. The number of rotatable bonds is 9. The first-order valence-corrected chi connectivity index (χ1v) is 13.5. The van der Waals surface area contributed by atoms with Gasteiger partial charge < -0.3 is 14.8 Å². The van der Waals surface area contributed by atoms with Gasteiger partial charge in [-0.1, -0.05) is 25.1 Å². The number of carbonyl (C=O) groups is 2. The molecule has 3 amide bonds. The molecule has 42 heavy (non-hydrogen) atoms. The average molecular weight is 572 g/mol. The number of pyridine rings is 1. The Balaban J connectivity index is 1.51. The molecule has 0 saturated carbocycles. The molecule has 5 rings (SSSR count). The Kier molecular flexibility index (Phi) is 8.07. The first-order chi connectivity index (χ1) is 20.3. The molecule has 1 aliphatic rings. The van der Waals surface area contributed by atoms with Crippen LogP contribution in [0.5, 0.6) is 6.01 Å². The molecule has 218 valence electrons. The van der Waals surface area contributed by atoms with Crippen molar-refractivity contribution in [3.8, 4) is 22.8 Å². The van der Waals surface area contributed by atoms with Gasteiger partial charge in [0, 0.05) is 44.2 Å². The molecule has 2 aromatic heterocycles. The van der Waals surface area contributed by atoms with Gasteiger partial charge in [-0.15, -0.1) is 5.10 Å². The van der Waals surface area contributed by atoms with Gasteiger partial charge in [-0.25, -0.2) is 23.8 Å². The summed E-state index contributed by atoms with van der Waals surface area (Å²) in [5, 5.41) is 6.73. The number of carbonyl (C=O) groups excluding carboxylic acids is 2. The molecule has 0 bridgehead atoms. The molecule has 0 radical (unpaired) electrons. The summed E-state index contributed by atoms with van der Waals surface area (Å²) in [5.74, 6) is 0.337. The summed E-state index contributed by atoms with van der Waals surface area (Å²) in [6, 6.07) is 16.1. The lowest BCUT2D eigenvalue weighted by Gasteiger charge is -2.23. The number of urea groups is 1. The van der Waals surface area contributed by atoms with Gasteiger partial charge in [0.05, 0.1) is 32.0 Å². The van der Waals surface area contributed by atoms with Gasteiger partial charge >= 0.3 is 17.7 Å². The van der Waals surface area contributed by atoms with Gasteiger partial charge in [0.1, 0.15) is 5.82 Å². The highest BCUT2D eigenvalue weighted by Gasteiger charge is 2.40. The van der Waals surface area contributed by atoms with Gasteiger partial charge in [0.2, 0.25) is 0 Å². The van der Waals surface area contributed by atoms with Crippen molar-refractivity contribution in [1.82, 2.24) is 24.6 Å². The van der Waals surface area contributed by atoms with Crippen LogP contribution in [0.4, 0.5) is 16.3 Å². The van der Waals surface area contributed by atoms with E-state index in [2.05, 4.69) is 15.4 Å². The summed E-state index contributed by atoms with van der Waals surface area (Å²) in [7, 11) is 6.20. The van der Waals surface area contributed by atoms with Gasteiger partial charge in [0.25, 0.3) is 5.91 Å². The van der Waals surface area contributed by atoms with Crippen LogP contribution in [-0.4, -0.2) is 71.7 Å². The van der Waals surface area contributed by atoms with Crippen molar-refractivity contribution >= 4 is 23.4 Å². The molecule has 1 N–H and O–H groups in total. The zero-order chi connectivity index (χ0) is 30.0. The van der Waals surface area contributed by atoms with E-state index in [1.807, 2.05) is 43.3 Å². The maximum Gasteiger partial charge on any atom is 0.353 e. The molecule has 12 nitrogen and oxygen atoms in total. The lowest BCUT2D eigenvalue weighted by atomic mass is 9.98. The monoisotopic (exact) mass is 571 g/mol. The molecule has 12 heteroatoms. The highest BCUT2D eigenvalue weighted by atomic mass is 16.5. The summed E-state index contributed by atoms with van der Waals surface area (Å²) in [6.07, 6.45) is 2.32. The minimum atomic E-state index is -0.316. The normalized spacial score (nSPS) is 14.9. The van der Waals surface area contributed by atoms with E-state index in [4.69, 9.17) is 9.47 Å². The number of hydrogen-bond acceptors (Lipinski definition) is 7. The topological polar surface area (TPSA) is 124 Å². The van der Waals surface area contributed by atoms with Crippen LogP contribution >= 0.6 is 0 Å². The number of benzene rings is 2. The Bertz CT molecular complexity index is 1680. The average Bonchev–Trinajstić information content (AvgIpc) is 3.50. The predicted molar refractivity (Wildman–Crippen MR) is 159 cm³/mol. The molecular weight excluding hydrogens is 538 g/mol. The van der Waals surface area contributed by atoms with Gasteiger partial charge in [0.15, 0.2) is 0 Å². The third-order valence-electron chi connectivity index (χ3n) is 7.32. The third kappa shape index (κ3) is 5.00. The van der Waals surface area contributed by atoms with E-state index >= 15 is 0 Å². The molecule has 2 aromatic carbocycles. The summed E-state index contributed by atoms with van der Waals surface area (Å²) in [4.78, 5) is 46.8. The van der Waals surface area contributed by atoms with Crippen LogP contribution in [0.1, 0.15) is 22.8 Å². The van der Waals surface area contributed by atoms with E-state index in [1.54, 1.807) is 55.4 Å². The lowest BCUT2D eigenvalue weighted by molar-refractivity contribution is 0.0963. The Morgan fingerprint density at radius 1 is 1.07 bits per heavy atom. The van der Waals surface area contributed by atoms with Crippen LogP contribution < -0.4 is 25.5 Å². The summed E-state index contributed by atoms with van der Waals surface area (Å²) < 4.78 is 13.4. The first kappa shape index (κ1) is 28.6. The molecule has 3 heterocycles. The molecule has 4 aromatic rings. The van der Waals surface area contributed by atoms with Crippen molar-refractivity contribution in [3.63, 3.8) is 0 Å². The zero-order valence-corrected chi connectivity index (χ0v) is 24.2. The van der Waals surface area contributed by atoms with Crippen LogP contribution in [0.2, 0.25) is 0 Å². The van der Waals surface area contributed by atoms with E-state index in [1.165, 1.54) is 16.4 Å². The van der Waals surface area contributed by atoms with Crippen LogP contribution in [0.3, 0.4) is 0 Å². The SMILES string of the molecule is CCc1c(-c2ccc(-n3c(OC)nn(C)c3=O)cc2)ccnc1N1C[C@@H](COC)N(c2cccc(C(=O)NC)c2)C1=O. The lowest BCUT2D eigenvalue weighted by Crippen LogP contribution is -2.37. The van der Waals surface area contributed by atoms with Crippen molar-refractivity contribution in [3.05, 3.63) is 82.4 Å². The number of anilines is 2. The number of nitrogens with one attached hydrogen (secondary N) is 1. The highest BCUT2D eigenvalue weighted by Crippen LogP contribution is 2.35. The minimum absolute atomic E-state index is 0.194. The van der Waals surface area contributed by atoms with E-state index < -0.39 is 0 Å². The first-order valence-electron chi connectivity index (χ1n) is 13.5. The van der Waals surface area contributed by atoms with Gasteiger partial charge in [-0.3, -0.25) is 14.6 Å². The second kappa shape index (κ2) is 11.9. The van der Waals surface area contributed by atoms with Crippen molar-refractivity contribution in [2.24, 2.45) is 7.05 Å². The maximum absolute atomic E-state index is 14.0. The Labute approximate surface area is 243 Å². The van der Waals surface area contributed by atoms with E-state index in [0.717, 1.165) is 16.7 Å². The molecule has 0 spiro atoms. The van der Waals surface area contributed by atoms with E-state index in [9.17, 15) is 14.4 Å². The number of aromatic nitrogens is 4. The third-order valence-corrected chi connectivity index (χ3v) is 7.32. The summed E-state index contributed by atoms with van der Waals surface area (Å²) in [5.41, 5.74) is 4.11. The summed E-state index contributed by atoms with van der Waals surface area (Å²) >= 11 is 0. The number of methoxy groups -OCH3 is 2. The molecular formula is C30H33N7O5. The largest absolute Gasteiger partial charge is 0.467 e. The molecule has 1 saturated heterocycles. The second-order valence-corrected chi connectivity index (χ2v) is 9.79. The summed E-state index contributed by atoms with van der Waals surface area (Å²) in [6.45, 7) is 2.70. The van der Waals surface area contributed by atoms with Crippen molar-refractivity contribution in [2.45, 2.75) is 19.4 Å². The van der Waals surface area contributed by atoms with Crippen molar-refractivity contribution < 1.29 is 19.1 Å². The smallest absolute Gasteiger partial charge is 0.353 e. The van der Waals surface area contributed by atoms with Crippen LogP contribution in [0.25, 0.3) is 16.8 Å². The Morgan fingerprint density at radius 2 is 1.83 bits per heavy atom. The van der Waals surface area contributed by atoms with Crippen LogP contribution in [0, 0.1) is 0 Å². The molecule has 1 fully saturated rings. The zero-order valence-electron chi connectivity index (χ0n) is 24.2. The molecule has 1 aliphatic heterocycles. The van der Waals surface area contributed by atoms with Crippen molar-refractivity contribution in [1.29, 1.82) is 0 Å². The van der Waals surface area contributed by atoms with Gasteiger partial charge in [-0.2, -0.15) is 0 Å². The van der Waals surface area contributed by atoms with Crippen molar-refractivity contribution in [2.75, 3.05) is 44.2 Å². The standard InChI is InChI=1S/C30H33N7O5/c1-6-24-25(19-10-12-21(13-11-19)37-28(42-5)33-34(3)29(37)39)14-15-32-26(24)35-17-23(18-41-4)36(30(35)40)22-9-7-8-20(16-22)27(38)31-2/h7-16,23H,6,17-18H2,1-5H3,(H,31,38)/t23-/m0/s1. The number of amides is 3. The fourth-order valence-corrected chi connectivity index (χ4v) is 5.33. The van der Waals surface area contributed by atoms with E-state index in [0.29, 0.717) is 42.3 Å². The maximum atomic E-state index is 14.0. The van der Waals surface area contributed by atoms with Gasteiger partial charge in [-0.05, 0) is 53.9 Å². The van der Waals surface area contributed by atoms with Crippen LogP contribution in [-0.2, 0) is 18.2 Å².